The Hall–Kier alpha value is -1.41. The molecule has 1 aliphatic rings. The van der Waals surface area contributed by atoms with Crippen molar-refractivity contribution in [2.45, 2.75) is 25.9 Å². The van der Waals surface area contributed by atoms with Crippen molar-refractivity contribution in [3.63, 3.8) is 0 Å². The van der Waals surface area contributed by atoms with Crippen molar-refractivity contribution in [2.24, 2.45) is 5.41 Å². The molecule has 1 aliphatic carbocycles. The number of aliphatic hydroxyl groups is 1. The third-order valence-corrected chi connectivity index (χ3v) is 3.56. The molecular weight excluding hydrogens is 200 g/mol. The first kappa shape index (κ1) is 11.1. The highest BCUT2D eigenvalue weighted by molar-refractivity contribution is 5.98. The molecule has 0 aliphatic heterocycles. The Morgan fingerprint density at radius 1 is 1.44 bits per heavy atom. The van der Waals surface area contributed by atoms with E-state index >= 15 is 0 Å². The fourth-order valence-electron chi connectivity index (χ4n) is 2.61. The summed E-state index contributed by atoms with van der Waals surface area (Å²) in [6.07, 6.45) is 1.92. The minimum absolute atomic E-state index is 0.317. The SMILES string of the molecule is C=CC(=O)C1(O)c2ccccc2CC1(C)C. The van der Waals surface area contributed by atoms with Gasteiger partial charge < -0.3 is 5.11 Å². The van der Waals surface area contributed by atoms with Gasteiger partial charge in [0.1, 0.15) is 0 Å². The van der Waals surface area contributed by atoms with Crippen LogP contribution < -0.4 is 0 Å². The lowest BCUT2D eigenvalue weighted by Gasteiger charge is -2.35. The molecule has 1 aromatic carbocycles. The van der Waals surface area contributed by atoms with Gasteiger partial charge >= 0.3 is 0 Å². The van der Waals surface area contributed by atoms with Crippen LogP contribution in [-0.2, 0) is 16.8 Å². The van der Waals surface area contributed by atoms with Crippen LogP contribution in [0.5, 0.6) is 0 Å². The van der Waals surface area contributed by atoms with E-state index in [0.717, 1.165) is 11.1 Å². The van der Waals surface area contributed by atoms with Crippen LogP contribution in [0.1, 0.15) is 25.0 Å². The van der Waals surface area contributed by atoms with Gasteiger partial charge in [0.25, 0.3) is 0 Å². The molecule has 0 fully saturated rings. The van der Waals surface area contributed by atoms with Crippen LogP contribution in [0, 0.1) is 5.41 Å². The van der Waals surface area contributed by atoms with Crippen LogP contribution in [0.4, 0.5) is 0 Å². The number of hydrogen-bond donors (Lipinski definition) is 1. The third-order valence-electron chi connectivity index (χ3n) is 3.56. The summed E-state index contributed by atoms with van der Waals surface area (Å²) < 4.78 is 0. The van der Waals surface area contributed by atoms with E-state index in [4.69, 9.17) is 0 Å². The predicted octanol–water partition coefficient (Wildman–Crippen LogP) is 2.21. The van der Waals surface area contributed by atoms with Gasteiger partial charge in [0.2, 0.25) is 0 Å². The minimum Gasteiger partial charge on any atom is -0.376 e. The van der Waals surface area contributed by atoms with Crippen LogP contribution in [0.3, 0.4) is 0 Å². The highest BCUT2D eigenvalue weighted by Gasteiger charge is 2.54. The molecule has 2 heteroatoms. The summed E-state index contributed by atoms with van der Waals surface area (Å²) in [6, 6.07) is 7.57. The summed E-state index contributed by atoms with van der Waals surface area (Å²) in [4.78, 5) is 11.9. The first-order valence-corrected chi connectivity index (χ1v) is 5.41. The maximum absolute atomic E-state index is 11.9. The highest BCUT2D eigenvalue weighted by Crippen LogP contribution is 2.50. The Morgan fingerprint density at radius 2 is 2.06 bits per heavy atom. The van der Waals surface area contributed by atoms with E-state index in [-0.39, 0.29) is 5.78 Å². The second-order valence-electron chi connectivity index (χ2n) is 5.00. The van der Waals surface area contributed by atoms with E-state index in [9.17, 15) is 9.90 Å². The Balaban J connectivity index is 2.67. The van der Waals surface area contributed by atoms with E-state index in [2.05, 4.69) is 6.58 Å². The Labute approximate surface area is 95.6 Å². The molecule has 0 bridgehead atoms. The fourth-order valence-corrected chi connectivity index (χ4v) is 2.61. The second-order valence-corrected chi connectivity index (χ2v) is 5.00. The molecule has 16 heavy (non-hydrogen) atoms. The van der Waals surface area contributed by atoms with Gasteiger partial charge in [-0.3, -0.25) is 4.79 Å². The van der Waals surface area contributed by atoms with Crippen molar-refractivity contribution in [1.82, 2.24) is 0 Å². The Kier molecular flexibility index (Phi) is 2.28. The van der Waals surface area contributed by atoms with E-state index in [0.29, 0.717) is 6.42 Å². The molecule has 0 saturated carbocycles. The van der Waals surface area contributed by atoms with Crippen LogP contribution in [0.25, 0.3) is 0 Å². The maximum Gasteiger partial charge on any atom is 0.191 e. The van der Waals surface area contributed by atoms with Crippen LogP contribution >= 0.6 is 0 Å². The van der Waals surface area contributed by atoms with Gasteiger partial charge in [-0.2, -0.15) is 0 Å². The van der Waals surface area contributed by atoms with Crippen molar-refractivity contribution in [3.05, 3.63) is 48.0 Å². The largest absolute Gasteiger partial charge is 0.376 e. The molecule has 1 unspecified atom stereocenters. The molecule has 1 N–H and O–H groups in total. The minimum atomic E-state index is -1.43. The summed E-state index contributed by atoms with van der Waals surface area (Å²) in [6.45, 7) is 7.30. The average Bonchev–Trinajstić information content (AvgIpc) is 2.47. The maximum atomic E-state index is 11.9. The molecule has 1 atom stereocenters. The summed E-state index contributed by atoms with van der Waals surface area (Å²) in [7, 11) is 0. The first-order valence-electron chi connectivity index (χ1n) is 5.41. The number of carbonyl (C=O) groups excluding carboxylic acids is 1. The van der Waals surface area contributed by atoms with Gasteiger partial charge in [0.15, 0.2) is 11.4 Å². The third kappa shape index (κ3) is 1.20. The van der Waals surface area contributed by atoms with Gasteiger partial charge in [0, 0.05) is 5.41 Å². The van der Waals surface area contributed by atoms with Crippen LogP contribution in [-0.4, -0.2) is 10.9 Å². The monoisotopic (exact) mass is 216 g/mol. The van der Waals surface area contributed by atoms with Crippen molar-refractivity contribution in [1.29, 1.82) is 0 Å². The summed E-state index contributed by atoms with van der Waals surface area (Å²) in [5.41, 5.74) is -0.136. The van der Waals surface area contributed by atoms with E-state index in [1.165, 1.54) is 6.08 Å². The molecule has 0 amide bonds. The molecule has 0 aromatic heterocycles. The highest BCUT2D eigenvalue weighted by atomic mass is 16.3. The Morgan fingerprint density at radius 3 is 2.69 bits per heavy atom. The molecule has 84 valence electrons. The lowest BCUT2D eigenvalue weighted by Crippen LogP contribution is -2.44. The lowest BCUT2D eigenvalue weighted by molar-refractivity contribution is -0.145. The van der Waals surface area contributed by atoms with E-state index in [1.807, 2.05) is 38.1 Å². The predicted molar refractivity (Wildman–Crippen MR) is 63.0 cm³/mol. The van der Waals surface area contributed by atoms with Crippen molar-refractivity contribution in [2.75, 3.05) is 0 Å². The first-order chi connectivity index (χ1) is 7.43. The number of fused-ring (bicyclic) bond motifs is 1. The van der Waals surface area contributed by atoms with Gasteiger partial charge in [-0.25, -0.2) is 0 Å². The average molecular weight is 216 g/mol. The van der Waals surface area contributed by atoms with E-state index in [1.54, 1.807) is 0 Å². The van der Waals surface area contributed by atoms with Gasteiger partial charge in [-0.05, 0) is 23.6 Å². The topological polar surface area (TPSA) is 37.3 Å². The van der Waals surface area contributed by atoms with Crippen LogP contribution in [0.15, 0.2) is 36.9 Å². The molecule has 0 spiro atoms. The lowest BCUT2D eigenvalue weighted by atomic mass is 9.73. The van der Waals surface area contributed by atoms with Crippen molar-refractivity contribution >= 4 is 5.78 Å². The standard InChI is InChI=1S/C14H16O2/c1-4-12(15)14(16)11-8-6-5-7-10(11)9-13(14,2)3/h4-8,16H,1,9H2,2-3H3. The molecule has 0 radical (unpaired) electrons. The molecule has 1 aromatic rings. The number of carbonyl (C=O) groups is 1. The van der Waals surface area contributed by atoms with Crippen LogP contribution in [0.2, 0.25) is 0 Å². The van der Waals surface area contributed by atoms with Gasteiger partial charge in [-0.15, -0.1) is 0 Å². The molecule has 2 rings (SSSR count). The summed E-state index contributed by atoms with van der Waals surface area (Å²) >= 11 is 0. The zero-order chi connectivity index (χ0) is 12.0. The zero-order valence-electron chi connectivity index (χ0n) is 9.66. The molecule has 0 saturated heterocycles. The quantitative estimate of drug-likeness (QED) is 0.770. The summed E-state index contributed by atoms with van der Waals surface area (Å²) in [5, 5.41) is 10.7. The number of benzene rings is 1. The molecule has 2 nitrogen and oxygen atoms in total. The van der Waals surface area contributed by atoms with Crippen molar-refractivity contribution in [3.8, 4) is 0 Å². The number of hydrogen-bond acceptors (Lipinski definition) is 2. The summed E-state index contributed by atoms with van der Waals surface area (Å²) in [5.74, 6) is -0.317. The smallest absolute Gasteiger partial charge is 0.191 e. The number of ketones is 1. The van der Waals surface area contributed by atoms with Gasteiger partial charge in [0.05, 0.1) is 0 Å². The second kappa shape index (κ2) is 3.29. The van der Waals surface area contributed by atoms with Crippen molar-refractivity contribution < 1.29 is 9.90 Å². The zero-order valence-corrected chi connectivity index (χ0v) is 9.66. The fraction of sp³-hybridized carbons (Fsp3) is 0.357. The number of rotatable bonds is 2. The normalized spacial score (nSPS) is 26.2. The van der Waals surface area contributed by atoms with E-state index < -0.39 is 11.0 Å². The van der Waals surface area contributed by atoms with Gasteiger partial charge in [-0.1, -0.05) is 44.7 Å². The Bertz CT molecular complexity index is 460. The molecular formula is C14H16O2. The molecule has 0 heterocycles.